The van der Waals surface area contributed by atoms with E-state index in [1.807, 2.05) is 75.4 Å². The summed E-state index contributed by atoms with van der Waals surface area (Å²) in [5, 5.41) is 2.93. The normalized spacial score (nSPS) is 11.8. The van der Waals surface area contributed by atoms with Crippen molar-refractivity contribution >= 4 is 5.91 Å². The van der Waals surface area contributed by atoms with E-state index in [1.165, 1.54) is 0 Å². The minimum Gasteiger partial charge on any atom is -0.491 e. The summed E-state index contributed by atoms with van der Waals surface area (Å²) in [5.41, 5.74) is 0.996. The topological polar surface area (TPSA) is 47.6 Å². The minimum atomic E-state index is -0.498. The van der Waals surface area contributed by atoms with Crippen LogP contribution in [0.4, 0.5) is 0 Å². The van der Waals surface area contributed by atoms with Crippen molar-refractivity contribution in [2.75, 3.05) is 0 Å². The fourth-order valence-corrected chi connectivity index (χ4v) is 2.29. The number of rotatable bonds is 8. The summed E-state index contributed by atoms with van der Waals surface area (Å²) in [6.45, 7) is 6.36. The average molecular weight is 327 g/mol. The number of ether oxygens (including phenoxy) is 2. The molecule has 2 aromatic carbocycles. The van der Waals surface area contributed by atoms with Crippen molar-refractivity contribution < 1.29 is 14.3 Å². The van der Waals surface area contributed by atoms with E-state index >= 15 is 0 Å². The number of hydrogen-bond acceptors (Lipinski definition) is 3. The molecule has 0 radical (unpaired) electrons. The smallest absolute Gasteiger partial charge is 0.261 e. The molecule has 4 nitrogen and oxygen atoms in total. The summed E-state index contributed by atoms with van der Waals surface area (Å²) >= 11 is 0. The van der Waals surface area contributed by atoms with E-state index in [0.29, 0.717) is 18.7 Å². The quantitative estimate of drug-likeness (QED) is 0.798. The fraction of sp³-hybridized carbons (Fsp3) is 0.350. The van der Waals surface area contributed by atoms with Crippen LogP contribution in [0.1, 0.15) is 32.8 Å². The van der Waals surface area contributed by atoms with Gasteiger partial charge in [-0.3, -0.25) is 4.79 Å². The largest absolute Gasteiger partial charge is 0.491 e. The summed E-state index contributed by atoms with van der Waals surface area (Å²) in [6, 6.07) is 17.1. The lowest BCUT2D eigenvalue weighted by Crippen LogP contribution is -2.37. The van der Waals surface area contributed by atoms with Crippen LogP contribution in [0, 0.1) is 0 Å². The Hall–Kier alpha value is -2.49. The van der Waals surface area contributed by atoms with Crippen LogP contribution in [-0.2, 0) is 11.3 Å². The van der Waals surface area contributed by atoms with Crippen LogP contribution in [0.3, 0.4) is 0 Å². The maximum atomic E-state index is 12.3. The van der Waals surface area contributed by atoms with Gasteiger partial charge < -0.3 is 14.8 Å². The van der Waals surface area contributed by atoms with Crippen LogP contribution in [0.25, 0.3) is 0 Å². The Morgan fingerprint density at radius 2 is 1.71 bits per heavy atom. The van der Waals surface area contributed by atoms with Crippen molar-refractivity contribution in [3.63, 3.8) is 0 Å². The van der Waals surface area contributed by atoms with E-state index in [1.54, 1.807) is 0 Å². The highest BCUT2D eigenvalue weighted by molar-refractivity contribution is 5.81. The van der Waals surface area contributed by atoms with Crippen molar-refractivity contribution in [1.82, 2.24) is 5.32 Å². The fourth-order valence-electron chi connectivity index (χ4n) is 2.29. The third-order valence-corrected chi connectivity index (χ3v) is 3.42. The van der Waals surface area contributed by atoms with Crippen molar-refractivity contribution in [2.24, 2.45) is 0 Å². The molecule has 0 saturated heterocycles. The van der Waals surface area contributed by atoms with Crippen LogP contribution in [0.15, 0.2) is 54.6 Å². The molecule has 1 unspecified atom stereocenters. The highest BCUT2D eigenvalue weighted by atomic mass is 16.5. The summed E-state index contributed by atoms with van der Waals surface area (Å²) in [4.78, 5) is 12.3. The molecule has 0 fully saturated rings. The molecule has 0 aliphatic carbocycles. The Morgan fingerprint density at radius 1 is 1.00 bits per heavy atom. The standard InChI is InChI=1S/C20H25NO3/c1-4-19(24-17-10-6-5-7-11-17)20(22)21-14-16-9-8-12-18(13-16)23-15(2)3/h5-13,15,19H,4,14H2,1-3H3,(H,21,22). The molecule has 2 rings (SSSR count). The number of nitrogens with one attached hydrogen (secondary N) is 1. The van der Waals surface area contributed by atoms with Crippen LogP contribution < -0.4 is 14.8 Å². The third kappa shape index (κ3) is 5.61. The number of carbonyl (C=O) groups is 1. The molecule has 24 heavy (non-hydrogen) atoms. The van der Waals surface area contributed by atoms with Gasteiger partial charge in [0.25, 0.3) is 5.91 Å². The first-order valence-corrected chi connectivity index (χ1v) is 8.33. The first-order valence-electron chi connectivity index (χ1n) is 8.33. The van der Waals surface area contributed by atoms with E-state index < -0.39 is 6.10 Å². The molecule has 1 atom stereocenters. The van der Waals surface area contributed by atoms with Gasteiger partial charge in [-0.25, -0.2) is 0 Å². The van der Waals surface area contributed by atoms with Crippen molar-refractivity contribution in [2.45, 2.75) is 45.9 Å². The highest BCUT2D eigenvalue weighted by Gasteiger charge is 2.17. The highest BCUT2D eigenvalue weighted by Crippen LogP contribution is 2.15. The van der Waals surface area contributed by atoms with Crippen LogP contribution in [0.5, 0.6) is 11.5 Å². The Morgan fingerprint density at radius 3 is 2.38 bits per heavy atom. The number of hydrogen-bond donors (Lipinski definition) is 1. The van der Waals surface area contributed by atoms with Gasteiger partial charge in [0, 0.05) is 6.54 Å². The molecule has 0 aromatic heterocycles. The van der Waals surface area contributed by atoms with Gasteiger partial charge in [-0.15, -0.1) is 0 Å². The van der Waals surface area contributed by atoms with E-state index in [0.717, 1.165) is 11.3 Å². The lowest BCUT2D eigenvalue weighted by molar-refractivity contribution is -0.128. The zero-order valence-electron chi connectivity index (χ0n) is 14.5. The van der Waals surface area contributed by atoms with E-state index in [2.05, 4.69) is 5.32 Å². The molecule has 0 spiro atoms. The molecule has 4 heteroatoms. The minimum absolute atomic E-state index is 0.114. The van der Waals surface area contributed by atoms with Gasteiger partial charge in [-0.05, 0) is 50.1 Å². The molecular weight excluding hydrogens is 302 g/mol. The predicted molar refractivity (Wildman–Crippen MR) is 95.2 cm³/mol. The predicted octanol–water partition coefficient (Wildman–Crippen LogP) is 3.95. The van der Waals surface area contributed by atoms with Crippen LogP contribution >= 0.6 is 0 Å². The maximum Gasteiger partial charge on any atom is 0.261 e. The van der Waals surface area contributed by atoms with Gasteiger partial charge in [-0.2, -0.15) is 0 Å². The maximum absolute atomic E-state index is 12.3. The van der Waals surface area contributed by atoms with Gasteiger partial charge in [0.1, 0.15) is 11.5 Å². The SMILES string of the molecule is CCC(Oc1ccccc1)C(=O)NCc1cccc(OC(C)C)c1. The van der Waals surface area contributed by atoms with Crippen molar-refractivity contribution in [1.29, 1.82) is 0 Å². The Kier molecular flexibility index (Phi) is 6.67. The molecule has 0 bridgehead atoms. The van der Waals surface area contributed by atoms with Gasteiger partial charge in [0.2, 0.25) is 0 Å². The average Bonchev–Trinajstić information content (AvgIpc) is 2.58. The monoisotopic (exact) mass is 327 g/mol. The van der Waals surface area contributed by atoms with Crippen LogP contribution in [0.2, 0.25) is 0 Å². The number of para-hydroxylation sites is 1. The second-order valence-corrected chi connectivity index (χ2v) is 5.86. The van der Waals surface area contributed by atoms with Gasteiger partial charge in [0.05, 0.1) is 6.10 Å². The lowest BCUT2D eigenvalue weighted by Gasteiger charge is -2.17. The Balaban J connectivity index is 1.91. The summed E-state index contributed by atoms with van der Waals surface area (Å²) in [5.74, 6) is 1.40. The van der Waals surface area contributed by atoms with Gasteiger partial charge >= 0.3 is 0 Å². The van der Waals surface area contributed by atoms with Gasteiger partial charge in [-0.1, -0.05) is 37.3 Å². The van der Waals surface area contributed by atoms with E-state index in [4.69, 9.17) is 9.47 Å². The molecule has 0 aliphatic heterocycles. The Bertz CT molecular complexity index is 640. The van der Waals surface area contributed by atoms with E-state index in [9.17, 15) is 4.79 Å². The van der Waals surface area contributed by atoms with Gasteiger partial charge in [0.15, 0.2) is 6.10 Å². The number of carbonyl (C=O) groups excluding carboxylic acids is 1. The molecule has 1 amide bonds. The third-order valence-electron chi connectivity index (χ3n) is 3.42. The molecule has 128 valence electrons. The molecular formula is C20H25NO3. The van der Waals surface area contributed by atoms with Crippen molar-refractivity contribution in [3.8, 4) is 11.5 Å². The molecule has 0 heterocycles. The molecule has 2 aromatic rings. The number of amides is 1. The first-order chi connectivity index (χ1) is 11.6. The Labute approximate surface area is 143 Å². The molecule has 0 aliphatic rings. The zero-order valence-corrected chi connectivity index (χ0v) is 14.5. The summed E-state index contributed by atoms with van der Waals surface area (Å²) in [7, 11) is 0. The van der Waals surface area contributed by atoms with E-state index in [-0.39, 0.29) is 12.0 Å². The second-order valence-electron chi connectivity index (χ2n) is 5.86. The summed E-state index contributed by atoms with van der Waals surface area (Å²) < 4.78 is 11.4. The first kappa shape index (κ1) is 17.9. The lowest BCUT2D eigenvalue weighted by atomic mass is 10.2. The van der Waals surface area contributed by atoms with Crippen LogP contribution in [-0.4, -0.2) is 18.1 Å². The second kappa shape index (κ2) is 8.96. The van der Waals surface area contributed by atoms with Crippen molar-refractivity contribution in [3.05, 3.63) is 60.2 Å². The molecule has 1 N–H and O–H groups in total. The summed E-state index contributed by atoms with van der Waals surface area (Å²) in [6.07, 6.45) is 0.234. The number of benzene rings is 2. The molecule has 0 saturated carbocycles. The zero-order chi connectivity index (χ0) is 17.4.